The van der Waals surface area contributed by atoms with Crippen molar-refractivity contribution in [3.05, 3.63) is 29.3 Å². The average Bonchev–Trinajstić information content (AvgIpc) is 2.83. The maximum absolute atomic E-state index is 12.8. The van der Waals surface area contributed by atoms with Gasteiger partial charge in [0.15, 0.2) is 0 Å². The lowest BCUT2D eigenvalue weighted by molar-refractivity contribution is -0.138. The monoisotopic (exact) mass is 286 g/mol. The molecule has 0 spiro atoms. The lowest BCUT2D eigenvalue weighted by Gasteiger charge is -2.13. The molecule has 1 heterocycles. The van der Waals surface area contributed by atoms with Gasteiger partial charge in [-0.1, -0.05) is 6.07 Å². The van der Waals surface area contributed by atoms with Crippen molar-refractivity contribution in [2.24, 2.45) is 5.92 Å². The number of rotatable bonds is 3. The SMILES string of the molecule is Cc1ccc(NC(=O)CC2CCNC2)cc1C(F)(F)F. The first-order chi connectivity index (χ1) is 9.36. The first-order valence-electron chi connectivity index (χ1n) is 6.54. The van der Waals surface area contributed by atoms with Gasteiger partial charge in [-0.25, -0.2) is 0 Å². The third-order valence-corrected chi connectivity index (χ3v) is 3.46. The van der Waals surface area contributed by atoms with Gasteiger partial charge in [0, 0.05) is 12.1 Å². The van der Waals surface area contributed by atoms with E-state index in [0.717, 1.165) is 25.6 Å². The fourth-order valence-corrected chi connectivity index (χ4v) is 2.37. The summed E-state index contributed by atoms with van der Waals surface area (Å²) < 4.78 is 38.3. The summed E-state index contributed by atoms with van der Waals surface area (Å²) in [5.41, 5.74) is -0.368. The van der Waals surface area contributed by atoms with E-state index in [9.17, 15) is 18.0 Å². The van der Waals surface area contributed by atoms with E-state index in [1.807, 2.05) is 0 Å². The summed E-state index contributed by atoms with van der Waals surface area (Å²) in [6.07, 6.45) is -3.14. The largest absolute Gasteiger partial charge is 0.416 e. The number of aryl methyl sites for hydroxylation is 1. The molecule has 0 radical (unpaired) electrons. The summed E-state index contributed by atoms with van der Waals surface area (Å²) in [6.45, 7) is 3.08. The van der Waals surface area contributed by atoms with Crippen LogP contribution in [0.25, 0.3) is 0 Å². The number of carbonyl (C=O) groups excluding carboxylic acids is 1. The summed E-state index contributed by atoms with van der Waals surface area (Å²) in [6, 6.07) is 3.85. The quantitative estimate of drug-likeness (QED) is 0.897. The Morgan fingerprint density at radius 3 is 2.80 bits per heavy atom. The second kappa shape index (κ2) is 5.83. The summed E-state index contributed by atoms with van der Waals surface area (Å²) in [4.78, 5) is 11.8. The molecule has 0 aliphatic carbocycles. The van der Waals surface area contributed by atoms with E-state index in [2.05, 4.69) is 10.6 Å². The Morgan fingerprint density at radius 2 is 2.20 bits per heavy atom. The van der Waals surface area contributed by atoms with E-state index in [0.29, 0.717) is 6.42 Å². The first kappa shape index (κ1) is 14.8. The molecule has 110 valence electrons. The maximum Gasteiger partial charge on any atom is 0.416 e. The molecule has 1 amide bonds. The van der Waals surface area contributed by atoms with Gasteiger partial charge >= 0.3 is 6.18 Å². The second-order valence-electron chi connectivity index (χ2n) is 5.14. The lowest BCUT2D eigenvalue weighted by Crippen LogP contribution is -2.18. The number of benzene rings is 1. The molecule has 1 aliphatic heterocycles. The molecule has 6 heteroatoms. The summed E-state index contributed by atoms with van der Waals surface area (Å²) >= 11 is 0. The van der Waals surface area contributed by atoms with E-state index in [1.54, 1.807) is 0 Å². The highest BCUT2D eigenvalue weighted by Gasteiger charge is 2.32. The van der Waals surface area contributed by atoms with Gasteiger partial charge in [0.05, 0.1) is 5.56 Å². The minimum absolute atomic E-state index is 0.149. The molecule has 1 saturated heterocycles. The van der Waals surface area contributed by atoms with E-state index in [1.165, 1.54) is 19.1 Å². The number of halogens is 3. The van der Waals surface area contributed by atoms with Crippen LogP contribution in [0, 0.1) is 12.8 Å². The van der Waals surface area contributed by atoms with Crippen molar-refractivity contribution < 1.29 is 18.0 Å². The number of hydrogen-bond acceptors (Lipinski definition) is 2. The molecule has 2 rings (SSSR count). The van der Waals surface area contributed by atoms with Crippen LogP contribution in [0.4, 0.5) is 18.9 Å². The van der Waals surface area contributed by atoms with Crippen molar-refractivity contribution in [3.63, 3.8) is 0 Å². The standard InChI is InChI=1S/C14H17F3N2O/c1-9-2-3-11(7-12(9)14(15,16)17)19-13(20)6-10-4-5-18-8-10/h2-3,7,10,18H,4-6,8H2,1H3,(H,19,20). The molecule has 1 fully saturated rings. The third-order valence-electron chi connectivity index (χ3n) is 3.46. The lowest BCUT2D eigenvalue weighted by atomic mass is 10.0. The molecule has 0 aromatic heterocycles. The Morgan fingerprint density at radius 1 is 1.45 bits per heavy atom. The Hall–Kier alpha value is -1.56. The van der Waals surface area contributed by atoms with Gasteiger partial charge in [-0.2, -0.15) is 13.2 Å². The van der Waals surface area contributed by atoms with Crippen LogP contribution >= 0.6 is 0 Å². The van der Waals surface area contributed by atoms with Gasteiger partial charge < -0.3 is 10.6 Å². The predicted molar refractivity (Wildman–Crippen MR) is 70.4 cm³/mol. The Balaban J connectivity index is 2.04. The average molecular weight is 286 g/mol. The molecule has 20 heavy (non-hydrogen) atoms. The van der Waals surface area contributed by atoms with Gasteiger partial charge in [0.25, 0.3) is 0 Å². The van der Waals surface area contributed by atoms with E-state index in [4.69, 9.17) is 0 Å². The number of hydrogen-bond donors (Lipinski definition) is 2. The van der Waals surface area contributed by atoms with Crippen LogP contribution in [-0.2, 0) is 11.0 Å². The Kier molecular flexibility index (Phi) is 4.32. The van der Waals surface area contributed by atoms with Crippen LogP contribution in [-0.4, -0.2) is 19.0 Å². The number of nitrogens with one attached hydrogen (secondary N) is 2. The summed E-state index contributed by atoms with van der Waals surface area (Å²) in [5.74, 6) is 0.0261. The topological polar surface area (TPSA) is 41.1 Å². The molecule has 1 aromatic carbocycles. The van der Waals surface area contributed by atoms with Crippen molar-refractivity contribution in [2.45, 2.75) is 25.9 Å². The number of anilines is 1. The highest BCUT2D eigenvalue weighted by atomic mass is 19.4. The third kappa shape index (κ3) is 3.72. The van der Waals surface area contributed by atoms with Crippen molar-refractivity contribution >= 4 is 11.6 Å². The number of carbonyl (C=O) groups is 1. The van der Waals surface area contributed by atoms with Gasteiger partial charge in [-0.15, -0.1) is 0 Å². The zero-order chi connectivity index (χ0) is 14.8. The summed E-state index contributed by atoms with van der Waals surface area (Å²) in [5, 5.41) is 5.69. The molecular formula is C14H17F3N2O. The molecule has 1 aromatic rings. The van der Waals surface area contributed by atoms with Crippen LogP contribution in [0.3, 0.4) is 0 Å². The van der Waals surface area contributed by atoms with E-state index in [-0.39, 0.29) is 23.1 Å². The molecule has 2 N–H and O–H groups in total. The van der Waals surface area contributed by atoms with Gasteiger partial charge in [-0.05, 0) is 50.0 Å². The molecule has 0 saturated carbocycles. The minimum atomic E-state index is -4.40. The predicted octanol–water partition coefficient (Wildman–Crippen LogP) is 2.95. The number of alkyl halides is 3. The van der Waals surface area contributed by atoms with Crippen molar-refractivity contribution in [3.8, 4) is 0 Å². The van der Waals surface area contributed by atoms with Crippen LogP contribution in [0.5, 0.6) is 0 Å². The highest BCUT2D eigenvalue weighted by Crippen LogP contribution is 2.33. The van der Waals surface area contributed by atoms with Gasteiger partial charge in [0.1, 0.15) is 0 Å². The van der Waals surface area contributed by atoms with Crippen molar-refractivity contribution in [1.29, 1.82) is 0 Å². The molecule has 3 nitrogen and oxygen atoms in total. The zero-order valence-corrected chi connectivity index (χ0v) is 11.2. The molecule has 1 unspecified atom stereocenters. The molecular weight excluding hydrogens is 269 g/mol. The van der Waals surface area contributed by atoms with Gasteiger partial charge in [-0.3, -0.25) is 4.79 Å². The van der Waals surface area contributed by atoms with Crippen LogP contribution in [0.15, 0.2) is 18.2 Å². The normalized spacial score (nSPS) is 19.1. The van der Waals surface area contributed by atoms with Crippen molar-refractivity contribution in [2.75, 3.05) is 18.4 Å². The zero-order valence-electron chi connectivity index (χ0n) is 11.2. The van der Waals surface area contributed by atoms with Crippen LogP contribution in [0.1, 0.15) is 24.0 Å². The first-order valence-corrected chi connectivity index (χ1v) is 6.54. The fraction of sp³-hybridized carbons (Fsp3) is 0.500. The fourth-order valence-electron chi connectivity index (χ4n) is 2.37. The van der Waals surface area contributed by atoms with Crippen LogP contribution < -0.4 is 10.6 Å². The minimum Gasteiger partial charge on any atom is -0.326 e. The second-order valence-corrected chi connectivity index (χ2v) is 5.14. The Labute approximate surface area is 115 Å². The summed E-state index contributed by atoms with van der Waals surface area (Å²) in [7, 11) is 0. The van der Waals surface area contributed by atoms with E-state index >= 15 is 0 Å². The Bertz CT molecular complexity index is 494. The van der Waals surface area contributed by atoms with Crippen molar-refractivity contribution in [1.82, 2.24) is 5.32 Å². The molecule has 1 aliphatic rings. The molecule has 0 bridgehead atoms. The van der Waals surface area contributed by atoms with Gasteiger partial charge in [0.2, 0.25) is 5.91 Å². The maximum atomic E-state index is 12.8. The number of amides is 1. The van der Waals surface area contributed by atoms with E-state index < -0.39 is 11.7 Å². The smallest absolute Gasteiger partial charge is 0.326 e. The highest BCUT2D eigenvalue weighted by molar-refractivity contribution is 5.91. The molecule has 1 atom stereocenters. The van der Waals surface area contributed by atoms with Crippen LogP contribution in [0.2, 0.25) is 0 Å².